The van der Waals surface area contributed by atoms with Crippen molar-refractivity contribution in [2.75, 3.05) is 5.75 Å². The third kappa shape index (κ3) is 8.59. The number of unbranched alkanes of at least 4 members (excludes halogenated alkanes) is 5. The molecule has 0 bridgehead atoms. The molecule has 1 aromatic rings. The molecule has 0 fully saturated rings. The van der Waals surface area contributed by atoms with Gasteiger partial charge in [0.25, 0.3) is 0 Å². The van der Waals surface area contributed by atoms with E-state index in [0.717, 1.165) is 18.1 Å². The molecular weight excluding hydrogens is 306 g/mol. The van der Waals surface area contributed by atoms with Crippen molar-refractivity contribution < 1.29 is 10.2 Å². The summed E-state index contributed by atoms with van der Waals surface area (Å²) in [7, 11) is 0. The number of rotatable bonds is 14. The van der Waals surface area contributed by atoms with E-state index in [1.807, 2.05) is 0 Å². The number of thioether (sulfide) groups is 1. The average Bonchev–Trinajstić information content (AvgIpc) is 2.86. The van der Waals surface area contributed by atoms with Crippen LogP contribution in [0.3, 0.4) is 0 Å². The highest BCUT2D eigenvalue weighted by Crippen LogP contribution is 2.25. The Balaban J connectivity index is 2.12. The molecule has 0 aromatic carbocycles. The molecule has 1 atom stereocenters. The van der Waals surface area contributed by atoms with Crippen LogP contribution < -0.4 is 0 Å². The van der Waals surface area contributed by atoms with Gasteiger partial charge in [-0.25, -0.2) is 0 Å². The lowest BCUT2D eigenvalue weighted by Gasteiger charge is -2.16. The maximum Gasteiger partial charge on any atom is 0.193 e. The van der Waals surface area contributed by atoms with E-state index < -0.39 is 0 Å². The quantitative estimate of drug-likeness (QED) is 0.411. The highest BCUT2D eigenvalue weighted by molar-refractivity contribution is 7.99. The van der Waals surface area contributed by atoms with Crippen molar-refractivity contribution in [2.24, 2.45) is 0 Å². The zero-order valence-electron chi connectivity index (χ0n) is 15.0. The predicted octanol–water partition coefficient (Wildman–Crippen LogP) is 5.94. The van der Waals surface area contributed by atoms with Crippen molar-refractivity contribution in [2.45, 2.75) is 89.9 Å². The number of aromatic hydroxyl groups is 2. The van der Waals surface area contributed by atoms with Gasteiger partial charge in [0.15, 0.2) is 11.8 Å². The zero-order valence-corrected chi connectivity index (χ0v) is 15.8. The lowest BCUT2D eigenvalue weighted by molar-refractivity contribution is 0.362. The van der Waals surface area contributed by atoms with Gasteiger partial charge in [0, 0.05) is 23.9 Å². The van der Waals surface area contributed by atoms with Crippen LogP contribution in [0.5, 0.6) is 11.8 Å². The minimum atomic E-state index is 0.160. The van der Waals surface area contributed by atoms with Crippen LogP contribution in [-0.2, 0) is 6.54 Å². The van der Waals surface area contributed by atoms with E-state index in [-0.39, 0.29) is 11.8 Å². The molecule has 1 heterocycles. The summed E-state index contributed by atoms with van der Waals surface area (Å²) >= 11 is 2.16. The van der Waals surface area contributed by atoms with Crippen molar-refractivity contribution in [1.82, 2.24) is 4.57 Å². The standard InChI is InChI=1S/C19H35NO2S/c1-3-5-8-12-17(11-6-4-2)23-16-10-7-9-15-20-18(21)13-14-19(20)22/h13-14,17,21-22H,3-12,15-16H2,1-2H3. The van der Waals surface area contributed by atoms with E-state index in [4.69, 9.17) is 0 Å². The zero-order chi connectivity index (χ0) is 16.9. The summed E-state index contributed by atoms with van der Waals surface area (Å²) in [5.41, 5.74) is 0. The molecule has 1 aromatic heterocycles. The Kier molecular flexibility index (Phi) is 11.1. The van der Waals surface area contributed by atoms with E-state index in [1.165, 1.54) is 57.1 Å². The second-order valence-electron chi connectivity index (χ2n) is 6.39. The minimum Gasteiger partial charge on any atom is -0.494 e. The normalized spacial score (nSPS) is 12.6. The molecule has 0 aliphatic carbocycles. The Bertz CT molecular complexity index is 387. The lowest BCUT2D eigenvalue weighted by atomic mass is 10.1. The van der Waals surface area contributed by atoms with Crippen molar-refractivity contribution in [3.8, 4) is 11.8 Å². The van der Waals surface area contributed by atoms with Crippen LogP contribution in [0.4, 0.5) is 0 Å². The highest BCUT2D eigenvalue weighted by atomic mass is 32.2. The Labute approximate surface area is 146 Å². The molecule has 2 N–H and O–H groups in total. The third-order valence-electron chi connectivity index (χ3n) is 4.32. The SMILES string of the molecule is CCCCCC(CCCC)SCCCCCn1c(O)ccc1O. The van der Waals surface area contributed by atoms with E-state index in [2.05, 4.69) is 25.6 Å². The van der Waals surface area contributed by atoms with Gasteiger partial charge in [0.1, 0.15) is 0 Å². The minimum absolute atomic E-state index is 0.160. The van der Waals surface area contributed by atoms with E-state index in [0.29, 0.717) is 6.54 Å². The topological polar surface area (TPSA) is 45.4 Å². The largest absolute Gasteiger partial charge is 0.494 e. The van der Waals surface area contributed by atoms with Crippen LogP contribution in [0.15, 0.2) is 12.1 Å². The first kappa shape index (κ1) is 20.3. The Morgan fingerprint density at radius 2 is 1.52 bits per heavy atom. The third-order valence-corrected chi connectivity index (χ3v) is 5.79. The number of aromatic nitrogens is 1. The fraction of sp³-hybridized carbons (Fsp3) is 0.789. The first-order chi connectivity index (χ1) is 11.2. The van der Waals surface area contributed by atoms with Gasteiger partial charge < -0.3 is 10.2 Å². The Morgan fingerprint density at radius 1 is 0.870 bits per heavy atom. The van der Waals surface area contributed by atoms with Gasteiger partial charge in [-0.15, -0.1) is 0 Å². The molecule has 0 radical (unpaired) electrons. The number of nitrogens with zero attached hydrogens (tertiary/aromatic N) is 1. The second-order valence-corrected chi connectivity index (χ2v) is 7.80. The summed E-state index contributed by atoms with van der Waals surface area (Å²) in [6, 6.07) is 3.08. The van der Waals surface area contributed by atoms with Gasteiger partial charge in [-0.3, -0.25) is 4.57 Å². The molecule has 0 aliphatic heterocycles. The van der Waals surface area contributed by atoms with E-state index >= 15 is 0 Å². The van der Waals surface area contributed by atoms with Crippen LogP contribution >= 0.6 is 11.8 Å². The summed E-state index contributed by atoms with van der Waals surface area (Å²) < 4.78 is 1.57. The van der Waals surface area contributed by atoms with Gasteiger partial charge >= 0.3 is 0 Å². The molecule has 0 aliphatic rings. The first-order valence-electron chi connectivity index (χ1n) is 9.38. The maximum absolute atomic E-state index is 9.59. The smallest absolute Gasteiger partial charge is 0.193 e. The van der Waals surface area contributed by atoms with Gasteiger partial charge in [-0.2, -0.15) is 11.8 Å². The maximum atomic E-state index is 9.59. The van der Waals surface area contributed by atoms with Crippen LogP contribution in [0.2, 0.25) is 0 Å². The summed E-state index contributed by atoms with van der Waals surface area (Å²) in [4.78, 5) is 0. The molecule has 0 spiro atoms. The molecule has 1 rings (SSSR count). The predicted molar refractivity (Wildman–Crippen MR) is 102 cm³/mol. The molecule has 3 nitrogen and oxygen atoms in total. The molecular formula is C19H35NO2S. The van der Waals surface area contributed by atoms with Gasteiger partial charge in [-0.05, 0) is 31.4 Å². The number of hydrogen-bond donors (Lipinski definition) is 2. The Hall–Kier alpha value is -0.770. The second kappa shape index (κ2) is 12.6. The molecule has 23 heavy (non-hydrogen) atoms. The van der Waals surface area contributed by atoms with Gasteiger partial charge in [0.2, 0.25) is 0 Å². The Morgan fingerprint density at radius 3 is 2.17 bits per heavy atom. The fourth-order valence-electron chi connectivity index (χ4n) is 2.84. The first-order valence-corrected chi connectivity index (χ1v) is 10.4. The monoisotopic (exact) mass is 341 g/mol. The molecule has 0 amide bonds. The fourth-order valence-corrected chi connectivity index (χ4v) is 4.21. The summed E-state index contributed by atoms with van der Waals surface area (Å²) in [6.07, 6.45) is 12.8. The van der Waals surface area contributed by atoms with Crippen molar-refractivity contribution in [1.29, 1.82) is 0 Å². The van der Waals surface area contributed by atoms with Crippen molar-refractivity contribution in [3.63, 3.8) is 0 Å². The van der Waals surface area contributed by atoms with Crippen molar-refractivity contribution in [3.05, 3.63) is 12.1 Å². The molecule has 4 heteroatoms. The van der Waals surface area contributed by atoms with Crippen molar-refractivity contribution >= 4 is 11.8 Å². The summed E-state index contributed by atoms with van der Waals surface area (Å²) in [5.74, 6) is 1.56. The van der Waals surface area contributed by atoms with Crippen LogP contribution in [-0.4, -0.2) is 25.8 Å². The molecule has 134 valence electrons. The van der Waals surface area contributed by atoms with Gasteiger partial charge in [-0.1, -0.05) is 52.4 Å². The van der Waals surface area contributed by atoms with Crippen LogP contribution in [0, 0.1) is 0 Å². The summed E-state index contributed by atoms with van der Waals surface area (Å²) in [5, 5.41) is 20.0. The molecule has 0 saturated carbocycles. The lowest BCUT2D eigenvalue weighted by Crippen LogP contribution is -2.04. The summed E-state index contributed by atoms with van der Waals surface area (Å²) in [6.45, 7) is 5.25. The van der Waals surface area contributed by atoms with E-state index in [9.17, 15) is 10.2 Å². The van der Waals surface area contributed by atoms with Crippen LogP contribution in [0.25, 0.3) is 0 Å². The highest BCUT2D eigenvalue weighted by Gasteiger charge is 2.09. The van der Waals surface area contributed by atoms with Gasteiger partial charge in [0.05, 0.1) is 0 Å². The van der Waals surface area contributed by atoms with E-state index in [1.54, 1.807) is 16.7 Å². The average molecular weight is 342 g/mol. The molecule has 1 unspecified atom stereocenters. The molecule has 0 saturated heterocycles. The van der Waals surface area contributed by atoms with Crippen LogP contribution in [0.1, 0.15) is 78.1 Å². The number of hydrogen-bond acceptors (Lipinski definition) is 3.